The van der Waals surface area contributed by atoms with Crippen molar-refractivity contribution < 1.29 is 14.3 Å². The fraction of sp³-hybridized carbons (Fsp3) is 0.421. The minimum Gasteiger partial charge on any atom is -0.441 e. The SMILES string of the molecule is Cc1nc2ccc(C(=O)N3CCC[C@H](c4ccn(CCO)n4)C3)cc2o1. The lowest BCUT2D eigenvalue weighted by Gasteiger charge is -2.32. The van der Waals surface area contributed by atoms with E-state index in [1.165, 1.54) is 0 Å². The number of carbonyl (C=O) groups excluding carboxylic acids is 1. The second kappa shape index (κ2) is 6.92. The molecule has 2 aromatic heterocycles. The van der Waals surface area contributed by atoms with Gasteiger partial charge in [0.25, 0.3) is 5.91 Å². The molecule has 0 bridgehead atoms. The van der Waals surface area contributed by atoms with Crippen LogP contribution in [0, 0.1) is 6.92 Å². The van der Waals surface area contributed by atoms with E-state index in [9.17, 15) is 4.79 Å². The van der Waals surface area contributed by atoms with Gasteiger partial charge in [-0.2, -0.15) is 5.10 Å². The number of oxazole rings is 1. The van der Waals surface area contributed by atoms with Crippen LogP contribution in [-0.4, -0.2) is 50.4 Å². The zero-order chi connectivity index (χ0) is 18.1. The van der Waals surface area contributed by atoms with Crippen LogP contribution in [-0.2, 0) is 6.54 Å². The number of likely N-dealkylation sites (tertiary alicyclic amines) is 1. The van der Waals surface area contributed by atoms with Gasteiger partial charge in [0, 0.05) is 37.7 Å². The summed E-state index contributed by atoms with van der Waals surface area (Å²) in [6.45, 7) is 3.77. The second-order valence-corrected chi connectivity index (χ2v) is 6.73. The summed E-state index contributed by atoms with van der Waals surface area (Å²) in [4.78, 5) is 19.1. The van der Waals surface area contributed by atoms with Crippen LogP contribution in [0.4, 0.5) is 0 Å². The minimum atomic E-state index is 0.0143. The lowest BCUT2D eigenvalue weighted by Crippen LogP contribution is -2.39. The highest BCUT2D eigenvalue weighted by atomic mass is 16.3. The quantitative estimate of drug-likeness (QED) is 0.777. The molecular weight excluding hydrogens is 332 g/mol. The topological polar surface area (TPSA) is 84.4 Å². The molecule has 1 fully saturated rings. The number of fused-ring (bicyclic) bond motifs is 1. The molecule has 1 aliphatic rings. The van der Waals surface area contributed by atoms with Crippen LogP contribution in [0.15, 0.2) is 34.9 Å². The molecule has 3 heterocycles. The molecule has 1 aliphatic heterocycles. The number of nitrogens with zero attached hydrogens (tertiary/aromatic N) is 4. The fourth-order valence-electron chi connectivity index (χ4n) is 3.58. The number of carbonyl (C=O) groups is 1. The van der Waals surface area contributed by atoms with Gasteiger partial charge in [-0.3, -0.25) is 9.48 Å². The van der Waals surface area contributed by atoms with Gasteiger partial charge in [0.05, 0.1) is 18.8 Å². The maximum Gasteiger partial charge on any atom is 0.254 e. The molecule has 0 unspecified atom stereocenters. The van der Waals surface area contributed by atoms with Gasteiger partial charge in [-0.15, -0.1) is 0 Å². The van der Waals surface area contributed by atoms with E-state index in [1.54, 1.807) is 17.7 Å². The van der Waals surface area contributed by atoms with Gasteiger partial charge in [-0.1, -0.05) is 0 Å². The first-order valence-electron chi connectivity index (χ1n) is 8.95. The van der Waals surface area contributed by atoms with Crippen molar-refractivity contribution in [3.8, 4) is 0 Å². The van der Waals surface area contributed by atoms with E-state index in [-0.39, 0.29) is 18.4 Å². The third-order valence-corrected chi connectivity index (χ3v) is 4.86. The molecule has 0 saturated carbocycles. The summed E-state index contributed by atoms with van der Waals surface area (Å²) in [6.07, 6.45) is 3.85. The van der Waals surface area contributed by atoms with Crippen molar-refractivity contribution in [3.63, 3.8) is 0 Å². The molecule has 0 spiro atoms. The normalized spacial score (nSPS) is 17.8. The molecule has 4 rings (SSSR count). The molecule has 1 amide bonds. The van der Waals surface area contributed by atoms with Gasteiger partial charge in [-0.25, -0.2) is 4.98 Å². The minimum absolute atomic E-state index is 0.0143. The predicted molar refractivity (Wildman–Crippen MR) is 95.9 cm³/mol. The predicted octanol–water partition coefficient (Wildman–Crippen LogP) is 2.34. The lowest BCUT2D eigenvalue weighted by molar-refractivity contribution is 0.0705. The number of amides is 1. The average Bonchev–Trinajstić information content (AvgIpc) is 3.26. The van der Waals surface area contributed by atoms with E-state index < -0.39 is 0 Å². The maximum absolute atomic E-state index is 12.9. The third kappa shape index (κ3) is 3.22. The van der Waals surface area contributed by atoms with Crippen LogP contribution in [0.25, 0.3) is 11.1 Å². The fourth-order valence-corrected chi connectivity index (χ4v) is 3.58. The van der Waals surface area contributed by atoms with Crippen LogP contribution >= 0.6 is 0 Å². The highest BCUT2D eigenvalue weighted by molar-refractivity contribution is 5.97. The molecule has 0 aliphatic carbocycles. The van der Waals surface area contributed by atoms with Crippen molar-refractivity contribution in [2.24, 2.45) is 0 Å². The third-order valence-electron chi connectivity index (χ3n) is 4.86. The second-order valence-electron chi connectivity index (χ2n) is 6.73. The number of aryl methyl sites for hydroxylation is 1. The molecule has 1 N–H and O–H groups in total. The largest absolute Gasteiger partial charge is 0.441 e. The summed E-state index contributed by atoms with van der Waals surface area (Å²) >= 11 is 0. The summed E-state index contributed by atoms with van der Waals surface area (Å²) in [5.41, 5.74) is 3.02. The highest BCUT2D eigenvalue weighted by Gasteiger charge is 2.27. The first kappa shape index (κ1) is 16.8. The number of benzene rings is 1. The molecule has 7 heteroatoms. The molecule has 7 nitrogen and oxygen atoms in total. The van der Waals surface area contributed by atoms with Crippen LogP contribution < -0.4 is 0 Å². The van der Waals surface area contributed by atoms with Crippen molar-refractivity contribution in [1.29, 1.82) is 0 Å². The van der Waals surface area contributed by atoms with Gasteiger partial charge in [0.2, 0.25) is 0 Å². The molecule has 1 aromatic carbocycles. The summed E-state index contributed by atoms with van der Waals surface area (Å²) in [5.74, 6) is 0.838. The van der Waals surface area contributed by atoms with E-state index in [0.29, 0.717) is 30.1 Å². The van der Waals surface area contributed by atoms with Crippen molar-refractivity contribution in [2.45, 2.75) is 32.2 Å². The van der Waals surface area contributed by atoms with Gasteiger partial charge < -0.3 is 14.4 Å². The monoisotopic (exact) mass is 354 g/mol. The Balaban J connectivity index is 1.51. The Bertz CT molecular complexity index is 930. The van der Waals surface area contributed by atoms with Crippen LogP contribution in [0.2, 0.25) is 0 Å². The summed E-state index contributed by atoms with van der Waals surface area (Å²) in [5, 5.41) is 13.6. The molecule has 1 saturated heterocycles. The van der Waals surface area contributed by atoms with E-state index in [2.05, 4.69) is 10.1 Å². The van der Waals surface area contributed by atoms with E-state index in [1.807, 2.05) is 29.3 Å². The number of hydrogen-bond donors (Lipinski definition) is 1. The number of aromatic nitrogens is 3. The van der Waals surface area contributed by atoms with Crippen LogP contribution in [0.1, 0.15) is 40.7 Å². The Kier molecular flexibility index (Phi) is 4.46. The van der Waals surface area contributed by atoms with Gasteiger partial charge in [0.15, 0.2) is 11.5 Å². The Morgan fingerprint density at radius 3 is 3.12 bits per heavy atom. The molecule has 0 radical (unpaired) electrons. The van der Waals surface area contributed by atoms with Crippen molar-refractivity contribution >= 4 is 17.0 Å². The summed E-state index contributed by atoms with van der Waals surface area (Å²) < 4.78 is 7.29. The van der Waals surface area contributed by atoms with Crippen molar-refractivity contribution in [3.05, 3.63) is 47.6 Å². The van der Waals surface area contributed by atoms with Crippen molar-refractivity contribution in [2.75, 3.05) is 19.7 Å². The number of aliphatic hydroxyl groups is 1. The Labute approximate surface area is 151 Å². The molecule has 26 heavy (non-hydrogen) atoms. The van der Waals surface area contributed by atoms with Crippen molar-refractivity contribution in [1.82, 2.24) is 19.7 Å². The van der Waals surface area contributed by atoms with E-state index in [4.69, 9.17) is 9.52 Å². The summed E-state index contributed by atoms with van der Waals surface area (Å²) in [6, 6.07) is 7.40. The molecular formula is C19H22N4O3. The lowest BCUT2D eigenvalue weighted by atomic mass is 9.94. The summed E-state index contributed by atoms with van der Waals surface area (Å²) in [7, 11) is 0. The number of rotatable bonds is 4. The number of aliphatic hydroxyl groups excluding tert-OH is 1. The number of hydrogen-bond acceptors (Lipinski definition) is 5. The van der Waals surface area contributed by atoms with Crippen LogP contribution in [0.5, 0.6) is 0 Å². The van der Waals surface area contributed by atoms with E-state index >= 15 is 0 Å². The van der Waals surface area contributed by atoms with Crippen LogP contribution in [0.3, 0.4) is 0 Å². The first-order valence-corrected chi connectivity index (χ1v) is 8.95. The van der Waals surface area contributed by atoms with E-state index in [0.717, 1.165) is 30.6 Å². The van der Waals surface area contributed by atoms with Gasteiger partial charge in [-0.05, 0) is 37.1 Å². The average molecular weight is 354 g/mol. The highest BCUT2D eigenvalue weighted by Crippen LogP contribution is 2.27. The maximum atomic E-state index is 12.9. The van der Waals surface area contributed by atoms with Gasteiger partial charge >= 0.3 is 0 Å². The van der Waals surface area contributed by atoms with Gasteiger partial charge in [0.1, 0.15) is 5.52 Å². The molecule has 136 valence electrons. The Morgan fingerprint density at radius 1 is 1.38 bits per heavy atom. The molecule has 1 atom stereocenters. The zero-order valence-electron chi connectivity index (χ0n) is 14.8. The molecule has 3 aromatic rings. The zero-order valence-corrected chi connectivity index (χ0v) is 14.8. The Morgan fingerprint density at radius 2 is 2.27 bits per heavy atom. The smallest absolute Gasteiger partial charge is 0.254 e. The Hall–Kier alpha value is -2.67. The first-order chi connectivity index (χ1) is 12.6. The standard InChI is InChI=1S/C19H22N4O3/c1-13-20-17-5-4-14(11-18(17)26-13)19(25)22-7-2-3-15(12-22)16-6-8-23(21-16)9-10-24/h4-6,8,11,15,24H,2-3,7,9-10,12H2,1H3/t15-/m0/s1. The number of piperidine rings is 1.